The number of sulfonamides is 1. The molecule has 0 bridgehead atoms. The third kappa shape index (κ3) is 5.66. The van der Waals surface area contributed by atoms with Crippen molar-refractivity contribution >= 4 is 21.9 Å². The van der Waals surface area contributed by atoms with E-state index in [9.17, 15) is 22.4 Å². The molecule has 0 unspecified atom stereocenters. The zero-order valence-electron chi connectivity index (χ0n) is 16.9. The summed E-state index contributed by atoms with van der Waals surface area (Å²) in [6.45, 7) is 1.83. The van der Waals surface area contributed by atoms with Gasteiger partial charge >= 0.3 is 5.97 Å². The Morgan fingerprint density at radius 1 is 1.16 bits per heavy atom. The number of esters is 1. The summed E-state index contributed by atoms with van der Waals surface area (Å²) < 4.78 is 50.9. The minimum atomic E-state index is -4.14. The highest BCUT2D eigenvalue weighted by Gasteiger charge is 2.30. The second-order valence-corrected chi connectivity index (χ2v) is 8.84. The molecule has 0 aliphatic carbocycles. The molecule has 0 spiro atoms. The van der Waals surface area contributed by atoms with Gasteiger partial charge in [-0.1, -0.05) is 30.3 Å². The van der Waals surface area contributed by atoms with Crippen molar-refractivity contribution in [2.24, 2.45) is 0 Å². The van der Waals surface area contributed by atoms with Crippen molar-refractivity contribution in [1.82, 2.24) is 9.62 Å². The maximum absolute atomic E-state index is 14.2. The quantitative estimate of drug-likeness (QED) is 0.647. The molecule has 1 aliphatic heterocycles. The van der Waals surface area contributed by atoms with Crippen molar-refractivity contribution in [3.8, 4) is 0 Å². The molecule has 3 rings (SSSR count). The van der Waals surface area contributed by atoms with Crippen LogP contribution in [0.2, 0.25) is 0 Å². The minimum Gasteiger partial charge on any atom is -0.452 e. The molecular formula is C21H23FN2O6S. The van der Waals surface area contributed by atoms with E-state index in [2.05, 4.69) is 5.32 Å². The number of halogens is 1. The zero-order chi connectivity index (χ0) is 22.4. The van der Waals surface area contributed by atoms with Gasteiger partial charge in [0.1, 0.15) is 10.7 Å². The van der Waals surface area contributed by atoms with E-state index >= 15 is 0 Å². The van der Waals surface area contributed by atoms with E-state index in [-0.39, 0.29) is 37.9 Å². The van der Waals surface area contributed by atoms with Gasteiger partial charge in [0.05, 0.1) is 24.8 Å². The summed E-state index contributed by atoms with van der Waals surface area (Å²) in [5.74, 6) is -2.42. The summed E-state index contributed by atoms with van der Waals surface area (Å²) in [5.41, 5.74) is 0.718. The fraction of sp³-hybridized carbons (Fsp3) is 0.333. The molecule has 31 heavy (non-hydrogen) atoms. The fourth-order valence-electron chi connectivity index (χ4n) is 3.08. The molecule has 10 heteroatoms. The van der Waals surface area contributed by atoms with E-state index in [4.69, 9.17) is 9.47 Å². The number of morpholine rings is 1. The molecule has 8 nitrogen and oxygen atoms in total. The zero-order valence-corrected chi connectivity index (χ0v) is 17.7. The average Bonchev–Trinajstić information content (AvgIpc) is 2.78. The van der Waals surface area contributed by atoms with Crippen LogP contribution in [0.1, 0.15) is 28.9 Å². The summed E-state index contributed by atoms with van der Waals surface area (Å²) >= 11 is 0. The lowest BCUT2D eigenvalue weighted by atomic mass is 10.1. The van der Waals surface area contributed by atoms with Gasteiger partial charge in [0.25, 0.3) is 5.91 Å². The van der Waals surface area contributed by atoms with Crippen LogP contribution in [0.4, 0.5) is 4.39 Å². The van der Waals surface area contributed by atoms with Gasteiger partial charge in [0.2, 0.25) is 10.0 Å². The first-order valence-corrected chi connectivity index (χ1v) is 11.1. The molecule has 1 heterocycles. The van der Waals surface area contributed by atoms with Crippen LogP contribution in [-0.4, -0.2) is 57.5 Å². The molecule has 166 valence electrons. The van der Waals surface area contributed by atoms with E-state index in [1.807, 2.05) is 30.3 Å². The molecule has 0 radical (unpaired) electrons. The summed E-state index contributed by atoms with van der Waals surface area (Å²) in [6.07, 6.45) is 0. The lowest BCUT2D eigenvalue weighted by molar-refractivity contribution is -0.124. The van der Waals surface area contributed by atoms with Crippen LogP contribution >= 0.6 is 0 Å². The molecule has 0 aromatic heterocycles. The van der Waals surface area contributed by atoms with Crippen LogP contribution in [0.25, 0.3) is 0 Å². The van der Waals surface area contributed by atoms with Crippen LogP contribution in [0.5, 0.6) is 0 Å². The highest BCUT2D eigenvalue weighted by molar-refractivity contribution is 7.89. The number of carbonyl (C=O) groups excluding carboxylic acids is 2. The maximum atomic E-state index is 14.2. The SMILES string of the molecule is C[C@@H](NC(=O)COC(=O)c1ccc(F)c(S(=O)(=O)N2CCOCC2)c1)c1ccccc1. The van der Waals surface area contributed by atoms with Gasteiger partial charge in [-0.2, -0.15) is 4.31 Å². The van der Waals surface area contributed by atoms with Crippen molar-refractivity contribution in [2.45, 2.75) is 17.9 Å². The second-order valence-electron chi connectivity index (χ2n) is 6.94. The number of nitrogens with one attached hydrogen (secondary N) is 1. The number of rotatable bonds is 7. The van der Waals surface area contributed by atoms with Crippen molar-refractivity contribution in [1.29, 1.82) is 0 Å². The third-order valence-corrected chi connectivity index (χ3v) is 6.68. The molecule has 1 saturated heterocycles. The summed E-state index contributed by atoms with van der Waals surface area (Å²) in [6, 6.07) is 11.9. The van der Waals surface area contributed by atoms with E-state index in [1.54, 1.807) is 6.92 Å². The first-order chi connectivity index (χ1) is 14.8. The number of benzene rings is 2. The van der Waals surface area contributed by atoms with Gasteiger partial charge < -0.3 is 14.8 Å². The number of nitrogens with zero attached hydrogens (tertiary/aromatic N) is 1. The molecule has 0 saturated carbocycles. The van der Waals surface area contributed by atoms with Gasteiger partial charge in [-0.15, -0.1) is 0 Å². The number of ether oxygens (including phenoxy) is 2. The normalized spacial score (nSPS) is 15.8. The first kappa shape index (κ1) is 22.9. The predicted molar refractivity (Wildman–Crippen MR) is 109 cm³/mol. The predicted octanol–water partition coefficient (Wildman–Crippen LogP) is 1.88. The highest BCUT2D eigenvalue weighted by atomic mass is 32.2. The first-order valence-electron chi connectivity index (χ1n) is 9.68. The lowest BCUT2D eigenvalue weighted by Gasteiger charge is -2.26. The molecule has 1 atom stereocenters. The molecule has 1 fully saturated rings. The Morgan fingerprint density at radius 2 is 1.84 bits per heavy atom. The lowest BCUT2D eigenvalue weighted by Crippen LogP contribution is -2.41. The van der Waals surface area contributed by atoms with Crippen molar-refractivity contribution in [3.05, 3.63) is 65.5 Å². The smallest absolute Gasteiger partial charge is 0.338 e. The van der Waals surface area contributed by atoms with E-state index in [1.165, 1.54) is 0 Å². The molecule has 1 N–H and O–H groups in total. The van der Waals surface area contributed by atoms with Gasteiger partial charge in [-0.05, 0) is 30.7 Å². The van der Waals surface area contributed by atoms with Crippen LogP contribution in [0, 0.1) is 5.82 Å². The Kier molecular flexibility index (Phi) is 7.37. The molecule has 2 aromatic rings. The number of hydrogen-bond acceptors (Lipinski definition) is 6. The van der Waals surface area contributed by atoms with Gasteiger partial charge in [0, 0.05) is 13.1 Å². The Morgan fingerprint density at radius 3 is 2.52 bits per heavy atom. The van der Waals surface area contributed by atoms with Crippen LogP contribution in [0.15, 0.2) is 53.4 Å². The Labute approximate surface area is 180 Å². The number of carbonyl (C=O) groups is 2. The van der Waals surface area contributed by atoms with Crippen molar-refractivity contribution in [3.63, 3.8) is 0 Å². The third-order valence-electron chi connectivity index (χ3n) is 4.77. The van der Waals surface area contributed by atoms with Gasteiger partial charge in [-0.3, -0.25) is 4.79 Å². The van der Waals surface area contributed by atoms with E-state index in [0.717, 1.165) is 28.1 Å². The largest absolute Gasteiger partial charge is 0.452 e. The molecular weight excluding hydrogens is 427 g/mol. The average molecular weight is 450 g/mol. The summed E-state index contributed by atoms with van der Waals surface area (Å²) in [4.78, 5) is 23.8. The van der Waals surface area contributed by atoms with Crippen LogP contribution < -0.4 is 5.32 Å². The Hall–Kier alpha value is -2.82. The van der Waals surface area contributed by atoms with Gasteiger partial charge in [0.15, 0.2) is 6.61 Å². The van der Waals surface area contributed by atoms with E-state index in [0.29, 0.717) is 0 Å². The number of hydrogen-bond donors (Lipinski definition) is 1. The molecule has 1 aliphatic rings. The fourth-order valence-corrected chi connectivity index (χ4v) is 4.58. The Bertz CT molecular complexity index is 1040. The topological polar surface area (TPSA) is 102 Å². The van der Waals surface area contributed by atoms with Crippen LogP contribution in [-0.2, 0) is 24.3 Å². The standard InChI is InChI=1S/C21H23FN2O6S/c1-15(16-5-3-2-4-6-16)23-20(25)14-30-21(26)17-7-8-18(22)19(13-17)31(27,28)24-9-11-29-12-10-24/h2-8,13,15H,9-12,14H2,1H3,(H,23,25)/t15-/m1/s1. The number of amides is 1. The molecule has 1 amide bonds. The molecule has 2 aromatic carbocycles. The second kappa shape index (κ2) is 9.99. The van der Waals surface area contributed by atoms with Crippen LogP contribution in [0.3, 0.4) is 0 Å². The van der Waals surface area contributed by atoms with Crippen molar-refractivity contribution < 1.29 is 31.9 Å². The summed E-state index contributed by atoms with van der Waals surface area (Å²) in [5, 5.41) is 2.70. The minimum absolute atomic E-state index is 0.0935. The van der Waals surface area contributed by atoms with E-state index < -0.39 is 39.2 Å². The maximum Gasteiger partial charge on any atom is 0.338 e. The Balaban J connectivity index is 1.64. The van der Waals surface area contributed by atoms with Crippen molar-refractivity contribution in [2.75, 3.05) is 32.9 Å². The summed E-state index contributed by atoms with van der Waals surface area (Å²) in [7, 11) is -4.14. The van der Waals surface area contributed by atoms with Gasteiger partial charge in [-0.25, -0.2) is 17.6 Å². The highest BCUT2D eigenvalue weighted by Crippen LogP contribution is 2.22. The monoisotopic (exact) mass is 450 g/mol.